The van der Waals surface area contributed by atoms with Crippen LogP contribution in [0.25, 0.3) is 0 Å². The molecule has 0 saturated heterocycles. The molecule has 0 aliphatic rings. The second-order valence-electron chi connectivity index (χ2n) is 5.38. The highest BCUT2D eigenvalue weighted by molar-refractivity contribution is 9.10. The first-order valence-corrected chi connectivity index (χ1v) is 7.03. The van der Waals surface area contributed by atoms with Crippen LogP contribution in [0.15, 0.2) is 22.7 Å². The van der Waals surface area contributed by atoms with Gasteiger partial charge in [0.15, 0.2) is 0 Å². The third-order valence-electron chi connectivity index (χ3n) is 2.98. The number of phenols is 1. The Morgan fingerprint density at radius 1 is 1.33 bits per heavy atom. The van der Waals surface area contributed by atoms with Gasteiger partial charge in [-0.3, -0.25) is 0 Å². The number of aromatic hydroxyl groups is 1. The number of aliphatic hydroxyl groups excluding tert-OH is 1. The molecule has 3 nitrogen and oxygen atoms in total. The molecule has 4 heteroatoms. The highest BCUT2D eigenvalue weighted by Gasteiger charge is 2.15. The first kappa shape index (κ1) is 15.5. The Hall–Kier alpha value is -0.580. The van der Waals surface area contributed by atoms with Crippen LogP contribution in [-0.4, -0.2) is 23.4 Å². The summed E-state index contributed by atoms with van der Waals surface area (Å²) in [4.78, 5) is 0. The average Bonchev–Trinajstić information content (AvgIpc) is 2.33. The topological polar surface area (TPSA) is 52.5 Å². The molecule has 1 aromatic rings. The lowest BCUT2D eigenvalue weighted by atomic mass is 9.89. The van der Waals surface area contributed by atoms with E-state index in [1.807, 2.05) is 6.07 Å². The number of phenolic OH excluding ortho intramolecular Hbond substituents is 1. The quantitative estimate of drug-likeness (QED) is 0.678. The standard InChI is InChI=1S/C14H22BrNO2/c1-14(2,10-17)6-3-7-16-9-11-8-12(18)4-5-13(11)15/h4-5,8,16-18H,3,6-7,9-10H2,1-2H3. The number of hydrogen-bond donors (Lipinski definition) is 3. The van der Waals surface area contributed by atoms with Crippen LogP contribution >= 0.6 is 15.9 Å². The van der Waals surface area contributed by atoms with E-state index < -0.39 is 0 Å². The molecule has 0 bridgehead atoms. The van der Waals surface area contributed by atoms with Gasteiger partial charge in [-0.05, 0) is 48.6 Å². The van der Waals surface area contributed by atoms with Crippen LogP contribution < -0.4 is 5.32 Å². The predicted octanol–water partition coefficient (Wildman–Crippen LogP) is 3.04. The minimum atomic E-state index is 0.00722. The summed E-state index contributed by atoms with van der Waals surface area (Å²) in [5.74, 6) is 0.288. The number of aliphatic hydroxyl groups is 1. The van der Waals surface area contributed by atoms with Crippen LogP contribution in [0, 0.1) is 5.41 Å². The van der Waals surface area contributed by atoms with E-state index in [9.17, 15) is 5.11 Å². The maximum absolute atomic E-state index is 9.40. The van der Waals surface area contributed by atoms with Crippen LogP contribution in [0.3, 0.4) is 0 Å². The Morgan fingerprint density at radius 2 is 2.06 bits per heavy atom. The first-order valence-electron chi connectivity index (χ1n) is 6.23. The van der Waals surface area contributed by atoms with Gasteiger partial charge >= 0.3 is 0 Å². The number of hydrogen-bond acceptors (Lipinski definition) is 3. The van der Waals surface area contributed by atoms with Crippen molar-refractivity contribution in [1.29, 1.82) is 0 Å². The Bertz CT molecular complexity index is 380. The third kappa shape index (κ3) is 5.38. The molecule has 0 atom stereocenters. The summed E-state index contributed by atoms with van der Waals surface area (Å²) in [5, 5.41) is 21.9. The van der Waals surface area contributed by atoms with E-state index >= 15 is 0 Å². The monoisotopic (exact) mass is 315 g/mol. The third-order valence-corrected chi connectivity index (χ3v) is 3.75. The summed E-state index contributed by atoms with van der Waals surface area (Å²) in [7, 11) is 0. The van der Waals surface area contributed by atoms with Crippen molar-refractivity contribution in [2.75, 3.05) is 13.2 Å². The summed E-state index contributed by atoms with van der Waals surface area (Å²) < 4.78 is 1.00. The Morgan fingerprint density at radius 3 is 2.72 bits per heavy atom. The molecule has 1 aromatic carbocycles. The van der Waals surface area contributed by atoms with Crippen molar-refractivity contribution in [1.82, 2.24) is 5.32 Å². The van der Waals surface area contributed by atoms with E-state index in [0.717, 1.165) is 36.0 Å². The van der Waals surface area contributed by atoms with E-state index in [2.05, 4.69) is 35.1 Å². The number of benzene rings is 1. The van der Waals surface area contributed by atoms with E-state index in [1.165, 1.54) is 0 Å². The van der Waals surface area contributed by atoms with Gasteiger partial charge in [-0.2, -0.15) is 0 Å². The predicted molar refractivity (Wildman–Crippen MR) is 77.6 cm³/mol. The van der Waals surface area contributed by atoms with Crippen LogP contribution in [0.4, 0.5) is 0 Å². The van der Waals surface area contributed by atoms with Crippen LogP contribution in [0.2, 0.25) is 0 Å². The Balaban J connectivity index is 2.28. The molecule has 0 saturated carbocycles. The average molecular weight is 316 g/mol. The summed E-state index contributed by atoms with van der Waals surface area (Å²) >= 11 is 3.46. The van der Waals surface area contributed by atoms with E-state index in [1.54, 1.807) is 12.1 Å². The molecular formula is C14H22BrNO2. The summed E-state index contributed by atoms with van der Waals surface area (Å²) in [6, 6.07) is 5.27. The summed E-state index contributed by atoms with van der Waals surface area (Å²) in [6.07, 6.45) is 2.03. The van der Waals surface area contributed by atoms with Crippen LogP contribution in [0.5, 0.6) is 5.75 Å². The van der Waals surface area contributed by atoms with E-state index in [0.29, 0.717) is 0 Å². The molecule has 1 rings (SSSR count). The summed E-state index contributed by atoms with van der Waals surface area (Å²) in [5.41, 5.74) is 1.06. The van der Waals surface area contributed by atoms with Gasteiger partial charge in [0.25, 0.3) is 0 Å². The molecule has 102 valence electrons. The molecule has 0 amide bonds. The zero-order valence-electron chi connectivity index (χ0n) is 11.0. The largest absolute Gasteiger partial charge is 0.508 e. The van der Waals surface area contributed by atoms with Crippen molar-refractivity contribution in [2.45, 2.75) is 33.2 Å². The fraction of sp³-hybridized carbons (Fsp3) is 0.571. The Kier molecular flexibility index (Phi) is 6.12. The lowest BCUT2D eigenvalue weighted by molar-refractivity contribution is 0.148. The highest BCUT2D eigenvalue weighted by Crippen LogP contribution is 2.22. The van der Waals surface area contributed by atoms with Gasteiger partial charge in [0.1, 0.15) is 5.75 Å². The van der Waals surface area contributed by atoms with Crippen molar-refractivity contribution < 1.29 is 10.2 Å². The molecule has 0 spiro atoms. The molecule has 0 unspecified atom stereocenters. The van der Waals surface area contributed by atoms with Gasteiger partial charge in [-0.25, -0.2) is 0 Å². The van der Waals surface area contributed by atoms with Crippen molar-refractivity contribution in [3.05, 3.63) is 28.2 Å². The molecule has 0 aliphatic heterocycles. The second kappa shape index (κ2) is 7.12. The molecular weight excluding hydrogens is 294 g/mol. The Labute approximate surface area is 117 Å². The van der Waals surface area contributed by atoms with E-state index in [-0.39, 0.29) is 17.8 Å². The van der Waals surface area contributed by atoms with Crippen molar-refractivity contribution in [3.63, 3.8) is 0 Å². The smallest absolute Gasteiger partial charge is 0.115 e. The maximum Gasteiger partial charge on any atom is 0.115 e. The van der Waals surface area contributed by atoms with E-state index in [4.69, 9.17) is 5.11 Å². The molecule has 18 heavy (non-hydrogen) atoms. The molecule has 3 N–H and O–H groups in total. The molecule has 0 heterocycles. The fourth-order valence-electron chi connectivity index (χ4n) is 1.69. The van der Waals surface area contributed by atoms with Crippen molar-refractivity contribution in [2.24, 2.45) is 5.41 Å². The number of rotatable bonds is 7. The number of nitrogens with one attached hydrogen (secondary N) is 1. The first-order chi connectivity index (χ1) is 8.44. The van der Waals surface area contributed by atoms with Crippen LogP contribution in [0.1, 0.15) is 32.3 Å². The minimum Gasteiger partial charge on any atom is -0.508 e. The van der Waals surface area contributed by atoms with Crippen molar-refractivity contribution in [3.8, 4) is 5.75 Å². The maximum atomic E-state index is 9.40. The summed E-state index contributed by atoms with van der Waals surface area (Å²) in [6.45, 7) is 6.00. The molecule has 0 aliphatic carbocycles. The van der Waals surface area contributed by atoms with Gasteiger partial charge in [0.05, 0.1) is 0 Å². The molecule has 0 radical (unpaired) electrons. The number of halogens is 1. The van der Waals surface area contributed by atoms with Gasteiger partial charge in [-0.15, -0.1) is 0 Å². The SMILES string of the molecule is CC(C)(CO)CCCNCc1cc(O)ccc1Br. The van der Waals surface area contributed by atoms with Crippen molar-refractivity contribution >= 4 is 15.9 Å². The zero-order valence-corrected chi connectivity index (χ0v) is 12.6. The van der Waals surface area contributed by atoms with Crippen LogP contribution in [-0.2, 0) is 6.54 Å². The van der Waals surface area contributed by atoms with Gasteiger partial charge in [0.2, 0.25) is 0 Å². The lowest BCUT2D eigenvalue weighted by Gasteiger charge is -2.21. The lowest BCUT2D eigenvalue weighted by Crippen LogP contribution is -2.21. The van der Waals surface area contributed by atoms with Gasteiger partial charge < -0.3 is 15.5 Å². The fourth-order valence-corrected chi connectivity index (χ4v) is 2.08. The minimum absolute atomic E-state index is 0.00722. The van der Waals surface area contributed by atoms with Gasteiger partial charge in [0, 0.05) is 17.6 Å². The second-order valence-corrected chi connectivity index (χ2v) is 6.23. The normalized spacial score (nSPS) is 11.8. The van der Waals surface area contributed by atoms with Gasteiger partial charge in [-0.1, -0.05) is 29.8 Å². The molecule has 0 fully saturated rings. The molecule has 0 aromatic heterocycles. The zero-order chi connectivity index (χ0) is 13.6. The highest BCUT2D eigenvalue weighted by atomic mass is 79.9.